The van der Waals surface area contributed by atoms with Gasteiger partial charge in [-0.3, -0.25) is 9.48 Å². The number of aliphatic hydroxyl groups excluding tert-OH is 1. The molecule has 6 rings (SSSR count). The zero-order valence-electron chi connectivity index (χ0n) is 18.1. The van der Waals surface area contributed by atoms with Gasteiger partial charge in [-0.05, 0) is 44.1 Å². The number of carbonyl (C=O) groups is 1. The summed E-state index contributed by atoms with van der Waals surface area (Å²) in [7, 11) is 0. The number of morpholine rings is 1. The minimum Gasteiger partial charge on any atom is -0.396 e. The van der Waals surface area contributed by atoms with Crippen LogP contribution < -0.4 is 10.2 Å². The van der Waals surface area contributed by atoms with E-state index in [0.29, 0.717) is 41.8 Å². The van der Waals surface area contributed by atoms with Gasteiger partial charge < -0.3 is 20.1 Å². The van der Waals surface area contributed by atoms with E-state index in [9.17, 15) is 9.90 Å². The monoisotopic (exact) mass is 471 g/mol. The van der Waals surface area contributed by atoms with Crippen molar-refractivity contribution < 1.29 is 14.6 Å². The number of fused-ring (bicyclic) bond motifs is 3. The van der Waals surface area contributed by atoms with E-state index in [-0.39, 0.29) is 35.9 Å². The standard InChI is InChI=1S/C22H26ClN7O3/c23-19-17(10-30(26-19)14-4-2-13(11-31)3-5-14)25-22(32)18-20-24-6-1-7-29(20)27-21(18)28-9-16-8-15(28)12-33-16/h1,6-7,10,13-16,31H,2-5,8-9,11-12H2,(H,25,32)/t13?,14?,15-,16-/m1/s1. The molecule has 3 aromatic heterocycles. The van der Waals surface area contributed by atoms with E-state index in [1.165, 1.54) is 0 Å². The van der Waals surface area contributed by atoms with Crippen molar-refractivity contribution in [2.75, 3.05) is 30.0 Å². The molecule has 0 spiro atoms. The fraction of sp³-hybridized carbons (Fsp3) is 0.545. The molecular formula is C22H26ClN7O3. The lowest BCUT2D eigenvalue weighted by Crippen LogP contribution is -2.38. The van der Waals surface area contributed by atoms with E-state index in [0.717, 1.165) is 32.1 Å². The molecule has 2 bridgehead atoms. The van der Waals surface area contributed by atoms with Gasteiger partial charge in [-0.15, -0.1) is 5.10 Å². The maximum Gasteiger partial charge on any atom is 0.263 e. The molecule has 5 heterocycles. The third-order valence-corrected chi connectivity index (χ3v) is 7.44. The molecule has 0 unspecified atom stereocenters. The number of aromatic nitrogens is 5. The maximum atomic E-state index is 13.5. The zero-order valence-corrected chi connectivity index (χ0v) is 18.9. The third kappa shape index (κ3) is 3.66. The second-order valence-electron chi connectivity index (χ2n) is 9.21. The summed E-state index contributed by atoms with van der Waals surface area (Å²) in [6.07, 6.45) is 10.1. The summed E-state index contributed by atoms with van der Waals surface area (Å²) < 4.78 is 9.21. The Morgan fingerprint density at radius 1 is 1.24 bits per heavy atom. The van der Waals surface area contributed by atoms with Crippen LogP contribution >= 0.6 is 11.6 Å². The Kier molecular flexibility index (Phi) is 5.23. The van der Waals surface area contributed by atoms with Crippen molar-refractivity contribution in [2.24, 2.45) is 5.92 Å². The van der Waals surface area contributed by atoms with E-state index in [1.807, 2.05) is 4.68 Å². The number of rotatable bonds is 5. The molecule has 0 radical (unpaired) electrons. The van der Waals surface area contributed by atoms with Crippen molar-refractivity contribution in [1.82, 2.24) is 24.4 Å². The molecule has 10 nitrogen and oxygen atoms in total. The van der Waals surface area contributed by atoms with Crippen LogP contribution in [0.1, 0.15) is 48.5 Å². The smallest absolute Gasteiger partial charge is 0.263 e. The summed E-state index contributed by atoms with van der Waals surface area (Å²) in [4.78, 5) is 20.1. The highest BCUT2D eigenvalue weighted by Crippen LogP contribution is 2.36. The van der Waals surface area contributed by atoms with Crippen LogP contribution in [0.3, 0.4) is 0 Å². The molecule has 1 aliphatic carbocycles. The summed E-state index contributed by atoms with van der Waals surface area (Å²) in [6, 6.07) is 2.22. The molecule has 2 atom stereocenters. The van der Waals surface area contributed by atoms with Crippen LogP contribution in [0.4, 0.5) is 11.5 Å². The van der Waals surface area contributed by atoms with Crippen LogP contribution in [0.5, 0.6) is 0 Å². The Bertz CT molecular complexity index is 1190. The second-order valence-corrected chi connectivity index (χ2v) is 9.57. The summed E-state index contributed by atoms with van der Waals surface area (Å²) >= 11 is 6.41. The SMILES string of the molecule is O=C(Nc1cn(C2CCC(CO)CC2)nc1Cl)c1c(N2C[C@H]3C[C@@H]2CO3)nn2cccnc12. The Morgan fingerprint density at radius 2 is 2.09 bits per heavy atom. The van der Waals surface area contributed by atoms with E-state index in [2.05, 4.69) is 25.4 Å². The number of nitrogens with zero attached hydrogens (tertiary/aromatic N) is 6. The highest BCUT2D eigenvalue weighted by atomic mass is 35.5. The number of amides is 1. The molecule has 1 amide bonds. The van der Waals surface area contributed by atoms with E-state index >= 15 is 0 Å². The maximum absolute atomic E-state index is 13.5. The highest BCUT2D eigenvalue weighted by Gasteiger charge is 2.42. The molecule has 0 aromatic carbocycles. The summed E-state index contributed by atoms with van der Waals surface area (Å²) in [5.74, 6) is 0.667. The van der Waals surface area contributed by atoms with Gasteiger partial charge in [-0.2, -0.15) is 5.10 Å². The van der Waals surface area contributed by atoms with Gasteiger partial charge in [-0.1, -0.05) is 11.6 Å². The Balaban J connectivity index is 1.28. The number of halogens is 1. The predicted molar refractivity (Wildman–Crippen MR) is 122 cm³/mol. The van der Waals surface area contributed by atoms with Crippen LogP contribution in [0.25, 0.3) is 5.65 Å². The number of nitrogens with one attached hydrogen (secondary N) is 1. The quantitative estimate of drug-likeness (QED) is 0.588. The van der Waals surface area contributed by atoms with E-state index in [1.54, 1.807) is 29.2 Å². The summed E-state index contributed by atoms with van der Waals surface area (Å²) in [6.45, 7) is 1.59. The van der Waals surface area contributed by atoms with Crippen molar-refractivity contribution in [3.05, 3.63) is 35.4 Å². The molecule has 3 aromatic rings. The van der Waals surface area contributed by atoms with Gasteiger partial charge in [0.1, 0.15) is 5.56 Å². The normalized spacial score (nSPS) is 26.9. The van der Waals surface area contributed by atoms with Crippen molar-refractivity contribution in [1.29, 1.82) is 0 Å². The molecular weight excluding hydrogens is 446 g/mol. The minimum absolute atomic E-state index is 0.178. The Labute approximate surface area is 195 Å². The average Bonchev–Trinajstić information content (AvgIpc) is 3.62. The molecule has 174 valence electrons. The first-order valence-corrected chi connectivity index (χ1v) is 11.9. The number of hydrogen-bond acceptors (Lipinski definition) is 7. The Morgan fingerprint density at radius 3 is 2.82 bits per heavy atom. The summed E-state index contributed by atoms with van der Waals surface area (Å²) in [5, 5.41) is 21.7. The number of hydrogen-bond donors (Lipinski definition) is 2. The average molecular weight is 472 g/mol. The molecule has 3 aliphatic rings. The lowest BCUT2D eigenvalue weighted by molar-refractivity contribution is 0.0979. The molecule has 11 heteroatoms. The van der Waals surface area contributed by atoms with Crippen LogP contribution in [-0.2, 0) is 4.74 Å². The number of aliphatic hydroxyl groups is 1. The van der Waals surface area contributed by atoms with E-state index in [4.69, 9.17) is 16.3 Å². The van der Waals surface area contributed by atoms with E-state index < -0.39 is 0 Å². The lowest BCUT2D eigenvalue weighted by atomic mass is 9.87. The first-order valence-electron chi connectivity index (χ1n) is 11.5. The largest absolute Gasteiger partial charge is 0.396 e. The number of carbonyl (C=O) groups excluding carboxylic acids is 1. The molecule has 1 saturated carbocycles. The fourth-order valence-electron chi connectivity index (χ4n) is 5.36. The topological polar surface area (TPSA) is 110 Å². The third-order valence-electron chi connectivity index (χ3n) is 7.16. The van der Waals surface area contributed by atoms with Crippen LogP contribution in [0, 0.1) is 5.92 Å². The van der Waals surface area contributed by atoms with Crippen molar-refractivity contribution in [2.45, 2.75) is 50.3 Å². The van der Waals surface area contributed by atoms with Gasteiger partial charge in [0, 0.05) is 25.5 Å². The first kappa shape index (κ1) is 20.9. The van der Waals surface area contributed by atoms with Gasteiger partial charge in [-0.25, -0.2) is 9.50 Å². The van der Waals surface area contributed by atoms with Crippen molar-refractivity contribution >= 4 is 34.7 Å². The zero-order chi connectivity index (χ0) is 22.5. The molecule has 2 aliphatic heterocycles. The second kappa shape index (κ2) is 8.27. The van der Waals surface area contributed by atoms with Crippen LogP contribution in [0.15, 0.2) is 24.7 Å². The van der Waals surface area contributed by atoms with Crippen molar-refractivity contribution in [3.8, 4) is 0 Å². The molecule has 33 heavy (non-hydrogen) atoms. The predicted octanol–water partition coefficient (Wildman–Crippen LogP) is 2.53. The van der Waals surface area contributed by atoms with Gasteiger partial charge in [0.2, 0.25) is 0 Å². The highest BCUT2D eigenvalue weighted by molar-refractivity contribution is 6.32. The lowest BCUT2D eigenvalue weighted by Gasteiger charge is -2.27. The minimum atomic E-state index is -0.312. The molecule has 2 saturated heterocycles. The molecule has 3 fully saturated rings. The van der Waals surface area contributed by atoms with Crippen LogP contribution in [-0.4, -0.2) is 67.3 Å². The number of ether oxygens (including phenoxy) is 1. The van der Waals surface area contributed by atoms with Gasteiger partial charge in [0.25, 0.3) is 5.91 Å². The van der Waals surface area contributed by atoms with Crippen molar-refractivity contribution in [3.63, 3.8) is 0 Å². The molecule has 2 N–H and O–H groups in total. The first-order chi connectivity index (χ1) is 16.1. The van der Waals surface area contributed by atoms with Gasteiger partial charge in [0.05, 0.1) is 36.7 Å². The Hall–Kier alpha value is -2.69. The van der Waals surface area contributed by atoms with Gasteiger partial charge in [0.15, 0.2) is 16.6 Å². The fourth-order valence-corrected chi connectivity index (χ4v) is 5.54. The van der Waals surface area contributed by atoms with Gasteiger partial charge >= 0.3 is 0 Å². The van der Waals surface area contributed by atoms with Crippen LogP contribution in [0.2, 0.25) is 5.15 Å². The number of anilines is 2. The summed E-state index contributed by atoms with van der Waals surface area (Å²) in [5.41, 5.74) is 1.40.